The van der Waals surface area contributed by atoms with Crippen LogP contribution < -0.4 is 5.43 Å². The highest BCUT2D eigenvalue weighted by Gasteiger charge is 2.05. The minimum atomic E-state index is -0.474. The quantitative estimate of drug-likeness (QED) is 0.383. The smallest absolute Gasteiger partial charge is 0.0882 e. The summed E-state index contributed by atoms with van der Waals surface area (Å²) >= 11 is 0. The molecule has 1 heterocycles. The summed E-state index contributed by atoms with van der Waals surface area (Å²) in [6.07, 6.45) is 2.38. The molecule has 4 heteroatoms. The average molecular weight is 116 g/mol. The summed E-state index contributed by atoms with van der Waals surface area (Å²) in [6, 6.07) is 0. The molecular weight excluding hydrogens is 108 g/mol. The van der Waals surface area contributed by atoms with Gasteiger partial charge in [-0.15, -0.1) is 0 Å². The Kier molecular flexibility index (Phi) is 1.48. The van der Waals surface area contributed by atoms with Crippen LogP contribution in [-0.2, 0) is 0 Å². The van der Waals surface area contributed by atoms with Crippen LogP contribution in [0.2, 0.25) is 0 Å². The highest BCUT2D eigenvalue weighted by molar-refractivity contribution is 4.90. The van der Waals surface area contributed by atoms with E-state index in [4.69, 9.17) is 10.3 Å². The lowest BCUT2D eigenvalue weighted by molar-refractivity contribution is -0.101. The van der Waals surface area contributed by atoms with Crippen LogP contribution in [0.4, 0.5) is 0 Å². The molecule has 46 valence electrons. The molecular formula is C4H8N2O2. The second-order valence-corrected chi connectivity index (χ2v) is 1.62. The minimum absolute atomic E-state index is 0.368. The van der Waals surface area contributed by atoms with Crippen molar-refractivity contribution in [2.24, 2.45) is 0 Å². The van der Waals surface area contributed by atoms with Gasteiger partial charge in [0.05, 0.1) is 6.10 Å². The Hall–Kier alpha value is -0.580. The number of hydrazine groups is 1. The third kappa shape index (κ3) is 1.19. The predicted octanol–water partition coefficient (Wildman–Crippen LogP) is -0.930. The maximum absolute atomic E-state index is 8.74. The first kappa shape index (κ1) is 5.55. The Bertz CT molecular complexity index is 92.2. The molecule has 3 N–H and O–H groups in total. The summed E-state index contributed by atoms with van der Waals surface area (Å²) < 4.78 is 0. The number of aliphatic hydroxyl groups is 1. The fraction of sp³-hybridized carbons (Fsp3) is 0.500. The summed E-state index contributed by atoms with van der Waals surface area (Å²) in [6.45, 7) is 0.368. The fourth-order valence-corrected chi connectivity index (χ4v) is 0.489. The van der Waals surface area contributed by atoms with Crippen LogP contribution in [0.5, 0.6) is 0 Å². The van der Waals surface area contributed by atoms with Gasteiger partial charge in [0.2, 0.25) is 0 Å². The van der Waals surface area contributed by atoms with Crippen LogP contribution >= 0.6 is 0 Å². The number of nitrogens with zero attached hydrogens (tertiary/aromatic N) is 1. The monoisotopic (exact) mass is 116 g/mol. The second kappa shape index (κ2) is 2.13. The van der Waals surface area contributed by atoms with Gasteiger partial charge in [-0.05, 0) is 6.08 Å². The summed E-state index contributed by atoms with van der Waals surface area (Å²) in [7, 11) is 0. The van der Waals surface area contributed by atoms with E-state index < -0.39 is 6.10 Å². The molecule has 8 heavy (non-hydrogen) atoms. The molecule has 0 saturated heterocycles. The maximum Gasteiger partial charge on any atom is 0.0882 e. The molecule has 0 aromatic rings. The summed E-state index contributed by atoms with van der Waals surface area (Å²) in [5, 5.41) is 18.1. The first-order chi connectivity index (χ1) is 3.79. The van der Waals surface area contributed by atoms with E-state index >= 15 is 0 Å². The molecule has 0 radical (unpaired) electrons. The van der Waals surface area contributed by atoms with Gasteiger partial charge < -0.3 is 5.11 Å². The zero-order valence-corrected chi connectivity index (χ0v) is 4.28. The maximum atomic E-state index is 8.74. The van der Waals surface area contributed by atoms with Crippen molar-refractivity contribution in [2.75, 3.05) is 6.54 Å². The largest absolute Gasteiger partial charge is 0.388 e. The zero-order chi connectivity index (χ0) is 5.98. The summed E-state index contributed by atoms with van der Waals surface area (Å²) in [5.74, 6) is 0. The Labute approximate surface area is 47.0 Å². The molecule has 0 bridgehead atoms. The van der Waals surface area contributed by atoms with Gasteiger partial charge in [-0.25, -0.2) is 5.43 Å². The van der Waals surface area contributed by atoms with Crippen LogP contribution in [0.15, 0.2) is 12.3 Å². The van der Waals surface area contributed by atoms with Gasteiger partial charge in [-0.2, -0.15) is 5.17 Å². The summed E-state index contributed by atoms with van der Waals surface area (Å²) in [5.41, 5.74) is 2.48. The molecule has 1 aliphatic rings. The van der Waals surface area contributed by atoms with E-state index in [1.807, 2.05) is 0 Å². The van der Waals surface area contributed by atoms with Crippen molar-refractivity contribution in [1.29, 1.82) is 0 Å². The highest BCUT2D eigenvalue weighted by atomic mass is 16.5. The van der Waals surface area contributed by atoms with Crippen LogP contribution in [0.1, 0.15) is 0 Å². The molecule has 1 aliphatic heterocycles. The number of hydrogen-bond acceptors (Lipinski definition) is 4. The van der Waals surface area contributed by atoms with Crippen molar-refractivity contribution in [3.05, 3.63) is 12.3 Å². The van der Waals surface area contributed by atoms with Crippen LogP contribution in [-0.4, -0.2) is 28.1 Å². The number of aliphatic hydroxyl groups excluding tert-OH is 1. The van der Waals surface area contributed by atoms with Gasteiger partial charge >= 0.3 is 0 Å². The lowest BCUT2D eigenvalue weighted by atomic mass is 10.3. The third-order valence-electron chi connectivity index (χ3n) is 0.912. The first-order valence-corrected chi connectivity index (χ1v) is 2.37. The van der Waals surface area contributed by atoms with Gasteiger partial charge in [-0.3, -0.25) is 5.21 Å². The van der Waals surface area contributed by atoms with Gasteiger partial charge in [0.25, 0.3) is 0 Å². The van der Waals surface area contributed by atoms with Gasteiger partial charge in [-0.1, -0.05) is 0 Å². The van der Waals surface area contributed by atoms with E-state index in [2.05, 4.69) is 5.43 Å². The lowest BCUT2D eigenvalue weighted by Crippen LogP contribution is -2.39. The topological polar surface area (TPSA) is 55.7 Å². The third-order valence-corrected chi connectivity index (χ3v) is 0.912. The van der Waals surface area contributed by atoms with E-state index in [1.165, 1.54) is 12.3 Å². The number of hydroxylamine groups is 1. The molecule has 0 amide bonds. The van der Waals surface area contributed by atoms with Gasteiger partial charge in [0.15, 0.2) is 0 Å². The van der Waals surface area contributed by atoms with Crippen molar-refractivity contribution < 1.29 is 10.3 Å². The molecule has 0 spiro atoms. The molecule has 0 fully saturated rings. The average Bonchev–Trinajstić information content (AvgIpc) is 1.77. The Morgan fingerprint density at radius 2 is 2.50 bits per heavy atom. The number of hydrogen-bond donors (Lipinski definition) is 3. The van der Waals surface area contributed by atoms with Crippen molar-refractivity contribution in [1.82, 2.24) is 10.6 Å². The molecule has 0 aromatic heterocycles. The van der Waals surface area contributed by atoms with Crippen molar-refractivity contribution in [3.63, 3.8) is 0 Å². The Balaban J connectivity index is 2.42. The van der Waals surface area contributed by atoms with E-state index in [0.717, 1.165) is 5.17 Å². The van der Waals surface area contributed by atoms with Crippen LogP contribution in [0, 0.1) is 0 Å². The second-order valence-electron chi connectivity index (χ2n) is 1.62. The van der Waals surface area contributed by atoms with Crippen LogP contribution in [0.25, 0.3) is 0 Å². The van der Waals surface area contributed by atoms with E-state index in [1.54, 1.807) is 0 Å². The molecule has 0 aliphatic carbocycles. The molecule has 1 atom stereocenters. The van der Waals surface area contributed by atoms with Crippen LogP contribution in [0.3, 0.4) is 0 Å². The lowest BCUT2D eigenvalue weighted by Gasteiger charge is -2.19. The molecule has 0 aromatic carbocycles. The van der Waals surface area contributed by atoms with E-state index in [0.29, 0.717) is 6.54 Å². The zero-order valence-electron chi connectivity index (χ0n) is 4.28. The summed E-state index contributed by atoms with van der Waals surface area (Å²) in [4.78, 5) is 0. The minimum Gasteiger partial charge on any atom is -0.388 e. The normalized spacial score (nSPS) is 28.8. The number of β-amino-alcohol motifs (C(OH)–C–C–N with tert-alkyl or cyclic N) is 1. The number of rotatable bonds is 0. The van der Waals surface area contributed by atoms with Crippen molar-refractivity contribution in [2.45, 2.75) is 6.10 Å². The van der Waals surface area contributed by atoms with E-state index in [9.17, 15) is 0 Å². The van der Waals surface area contributed by atoms with Crippen molar-refractivity contribution in [3.8, 4) is 0 Å². The Morgan fingerprint density at radius 3 is 2.88 bits per heavy atom. The SMILES string of the molecule is OC1C=CN(O)NC1. The number of nitrogens with one attached hydrogen (secondary N) is 1. The molecule has 1 rings (SSSR count). The Morgan fingerprint density at radius 1 is 1.75 bits per heavy atom. The standard InChI is InChI=1S/C4H8N2O2/c7-4-1-2-6(8)5-3-4/h1-2,4-5,7-8H,3H2. The fourth-order valence-electron chi connectivity index (χ4n) is 0.489. The predicted molar refractivity (Wildman–Crippen MR) is 26.8 cm³/mol. The molecule has 4 nitrogen and oxygen atoms in total. The highest BCUT2D eigenvalue weighted by Crippen LogP contribution is 1.91. The van der Waals surface area contributed by atoms with Gasteiger partial charge in [0, 0.05) is 12.7 Å². The van der Waals surface area contributed by atoms with Crippen molar-refractivity contribution >= 4 is 0 Å². The van der Waals surface area contributed by atoms with E-state index in [-0.39, 0.29) is 0 Å². The molecule has 0 saturated carbocycles. The molecule has 1 unspecified atom stereocenters. The van der Waals surface area contributed by atoms with Gasteiger partial charge in [0.1, 0.15) is 0 Å². The first-order valence-electron chi connectivity index (χ1n) is 2.37.